The Hall–Kier alpha value is -0.530. The maximum atomic E-state index is 11.6. The molecule has 2 heteroatoms. The Kier molecular flexibility index (Phi) is 4.18. The fourth-order valence-corrected chi connectivity index (χ4v) is 2.54. The first-order valence-electron chi connectivity index (χ1n) is 6.23. The van der Waals surface area contributed by atoms with Crippen LogP contribution >= 0.6 is 0 Å². The number of amides is 1. The summed E-state index contributed by atoms with van der Waals surface area (Å²) in [5, 5.41) is 2.93. The third-order valence-electron chi connectivity index (χ3n) is 3.67. The molecule has 0 saturated heterocycles. The molecule has 0 atom stereocenters. The molecule has 0 unspecified atom stereocenters. The van der Waals surface area contributed by atoms with Crippen molar-refractivity contribution in [2.75, 3.05) is 6.54 Å². The van der Waals surface area contributed by atoms with E-state index in [0.717, 1.165) is 25.3 Å². The van der Waals surface area contributed by atoms with Crippen molar-refractivity contribution in [3.05, 3.63) is 0 Å². The van der Waals surface area contributed by atoms with Gasteiger partial charge in [0.15, 0.2) is 0 Å². The fraction of sp³-hybridized carbons (Fsp3) is 0.923. The highest BCUT2D eigenvalue weighted by atomic mass is 16.1. The van der Waals surface area contributed by atoms with Crippen molar-refractivity contribution in [3.63, 3.8) is 0 Å². The molecule has 0 aromatic heterocycles. The Labute approximate surface area is 93.8 Å². The second-order valence-electron chi connectivity index (χ2n) is 5.81. The van der Waals surface area contributed by atoms with Gasteiger partial charge >= 0.3 is 0 Å². The summed E-state index contributed by atoms with van der Waals surface area (Å²) in [7, 11) is 0. The van der Waals surface area contributed by atoms with Crippen molar-refractivity contribution in [1.82, 2.24) is 5.32 Å². The zero-order chi connectivity index (χ0) is 11.5. The van der Waals surface area contributed by atoms with Crippen molar-refractivity contribution < 1.29 is 4.79 Å². The number of hydrogen-bond acceptors (Lipinski definition) is 1. The van der Waals surface area contributed by atoms with E-state index in [1.54, 1.807) is 0 Å². The quantitative estimate of drug-likeness (QED) is 0.747. The molecule has 1 amide bonds. The molecule has 0 heterocycles. The minimum Gasteiger partial charge on any atom is -0.356 e. The predicted molar refractivity (Wildman–Crippen MR) is 63.6 cm³/mol. The standard InChI is InChI=1S/C13H25NO/c1-5-14-12(15)10-6-8-11(9-7-10)13(2,3)4/h10-11H,5-9H2,1-4H3,(H,14,15). The lowest BCUT2D eigenvalue weighted by Gasteiger charge is -2.36. The Balaban J connectivity index is 2.39. The molecular formula is C13H25NO. The van der Waals surface area contributed by atoms with Gasteiger partial charge < -0.3 is 5.32 Å². The van der Waals surface area contributed by atoms with Crippen molar-refractivity contribution >= 4 is 5.91 Å². The largest absolute Gasteiger partial charge is 0.356 e. The summed E-state index contributed by atoms with van der Waals surface area (Å²) in [6.07, 6.45) is 4.58. The molecular weight excluding hydrogens is 186 g/mol. The number of hydrogen-bond donors (Lipinski definition) is 1. The average molecular weight is 211 g/mol. The third-order valence-corrected chi connectivity index (χ3v) is 3.67. The van der Waals surface area contributed by atoms with Gasteiger partial charge in [-0.3, -0.25) is 4.79 Å². The van der Waals surface area contributed by atoms with Gasteiger partial charge in [0.2, 0.25) is 5.91 Å². The van der Waals surface area contributed by atoms with Crippen LogP contribution in [0.1, 0.15) is 53.4 Å². The van der Waals surface area contributed by atoms with Crippen LogP contribution in [-0.4, -0.2) is 12.5 Å². The number of carbonyl (C=O) groups excluding carboxylic acids is 1. The van der Waals surface area contributed by atoms with Gasteiger partial charge in [0.05, 0.1) is 0 Å². The fourth-order valence-electron chi connectivity index (χ4n) is 2.54. The zero-order valence-electron chi connectivity index (χ0n) is 10.6. The second kappa shape index (κ2) is 5.00. The Morgan fingerprint density at radius 3 is 2.13 bits per heavy atom. The maximum Gasteiger partial charge on any atom is 0.223 e. The van der Waals surface area contributed by atoms with Crippen molar-refractivity contribution in [1.29, 1.82) is 0 Å². The summed E-state index contributed by atoms with van der Waals surface area (Å²) >= 11 is 0. The van der Waals surface area contributed by atoms with Crippen LogP contribution in [0.2, 0.25) is 0 Å². The number of carbonyl (C=O) groups is 1. The van der Waals surface area contributed by atoms with E-state index in [9.17, 15) is 4.79 Å². The number of nitrogens with one attached hydrogen (secondary N) is 1. The molecule has 1 aliphatic carbocycles. The normalized spacial score (nSPS) is 27.5. The van der Waals surface area contributed by atoms with Crippen LogP contribution in [-0.2, 0) is 4.79 Å². The summed E-state index contributed by atoms with van der Waals surface area (Å²) in [5.74, 6) is 1.34. The van der Waals surface area contributed by atoms with Crippen molar-refractivity contribution in [3.8, 4) is 0 Å². The van der Waals surface area contributed by atoms with E-state index in [2.05, 4.69) is 26.1 Å². The smallest absolute Gasteiger partial charge is 0.223 e. The highest BCUT2D eigenvalue weighted by molar-refractivity contribution is 5.78. The topological polar surface area (TPSA) is 29.1 Å². The first-order chi connectivity index (χ1) is 6.95. The van der Waals surface area contributed by atoms with Crippen LogP contribution in [0.3, 0.4) is 0 Å². The average Bonchev–Trinajstić information content (AvgIpc) is 2.17. The SMILES string of the molecule is CCNC(=O)C1CCC(C(C)(C)C)CC1. The Morgan fingerprint density at radius 1 is 1.20 bits per heavy atom. The van der Waals surface area contributed by atoms with Crippen LogP contribution in [0, 0.1) is 17.3 Å². The van der Waals surface area contributed by atoms with Crippen LogP contribution in [0.4, 0.5) is 0 Å². The Bertz CT molecular complexity index is 209. The second-order valence-corrected chi connectivity index (χ2v) is 5.81. The molecule has 2 nitrogen and oxygen atoms in total. The highest BCUT2D eigenvalue weighted by Crippen LogP contribution is 2.39. The van der Waals surface area contributed by atoms with Gasteiger partial charge in [-0.05, 0) is 43.9 Å². The van der Waals surface area contributed by atoms with Gasteiger partial charge in [-0.2, -0.15) is 0 Å². The van der Waals surface area contributed by atoms with E-state index >= 15 is 0 Å². The molecule has 0 spiro atoms. The first kappa shape index (κ1) is 12.5. The minimum absolute atomic E-state index is 0.268. The van der Waals surface area contributed by atoms with Crippen LogP contribution < -0.4 is 5.32 Å². The molecule has 0 bridgehead atoms. The molecule has 88 valence electrons. The molecule has 0 radical (unpaired) electrons. The molecule has 1 N–H and O–H groups in total. The zero-order valence-corrected chi connectivity index (χ0v) is 10.6. The Morgan fingerprint density at radius 2 is 1.73 bits per heavy atom. The van der Waals surface area contributed by atoms with Gasteiger partial charge in [-0.1, -0.05) is 20.8 Å². The van der Waals surface area contributed by atoms with Crippen molar-refractivity contribution in [2.24, 2.45) is 17.3 Å². The predicted octanol–water partition coefficient (Wildman–Crippen LogP) is 2.98. The summed E-state index contributed by atoms with van der Waals surface area (Å²) in [4.78, 5) is 11.6. The van der Waals surface area contributed by atoms with E-state index in [0.29, 0.717) is 5.41 Å². The highest BCUT2D eigenvalue weighted by Gasteiger charge is 2.31. The van der Waals surface area contributed by atoms with E-state index in [1.165, 1.54) is 12.8 Å². The third kappa shape index (κ3) is 3.51. The summed E-state index contributed by atoms with van der Waals surface area (Å²) in [6.45, 7) is 9.68. The molecule has 0 aromatic carbocycles. The van der Waals surface area contributed by atoms with Gasteiger partial charge in [0.1, 0.15) is 0 Å². The molecule has 0 aliphatic heterocycles. The lowest BCUT2D eigenvalue weighted by atomic mass is 9.70. The first-order valence-corrected chi connectivity index (χ1v) is 6.23. The van der Waals surface area contributed by atoms with E-state index in [4.69, 9.17) is 0 Å². The lowest BCUT2D eigenvalue weighted by molar-refractivity contribution is -0.126. The minimum atomic E-state index is 0.268. The van der Waals surface area contributed by atoms with Gasteiger partial charge in [0.25, 0.3) is 0 Å². The van der Waals surface area contributed by atoms with Gasteiger partial charge in [0, 0.05) is 12.5 Å². The molecule has 1 fully saturated rings. The molecule has 0 aromatic rings. The van der Waals surface area contributed by atoms with Gasteiger partial charge in [-0.15, -0.1) is 0 Å². The van der Waals surface area contributed by atoms with E-state index in [-0.39, 0.29) is 11.8 Å². The summed E-state index contributed by atoms with van der Waals surface area (Å²) in [5.41, 5.74) is 0.409. The van der Waals surface area contributed by atoms with Crippen molar-refractivity contribution in [2.45, 2.75) is 53.4 Å². The van der Waals surface area contributed by atoms with Gasteiger partial charge in [-0.25, -0.2) is 0 Å². The monoisotopic (exact) mass is 211 g/mol. The molecule has 15 heavy (non-hydrogen) atoms. The summed E-state index contributed by atoms with van der Waals surface area (Å²) in [6, 6.07) is 0. The van der Waals surface area contributed by atoms with Crippen LogP contribution in [0.25, 0.3) is 0 Å². The lowest BCUT2D eigenvalue weighted by Crippen LogP contribution is -2.35. The molecule has 1 rings (SSSR count). The molecule has 1 aliphatic rings. The van der Waals surface area contributed by atoms with E-state index < -0.39 is 0 Å². The molecule has 1 saturated carbocycles. The summed E-state index contributed by atoms with van der Waals surface area (Å²) < 4.78 is 0. The van der Waals surface area contributed by atoms with E-state index in [1.807, 2.05) is 6.92 Å². The van der Waals surface area contributed by atoms with Crippen LogP contribution in [0.5, 0.6) is 0 Å². The van der Waals surface area contributed by atoms with Crippen LogP contribution in [0.15, 0.2) is 0 Å². The number of rotatable bonds is 2. The maximum absolute atomic E-state index is 11.6.